The van der Waals surface area contributed by atoms with Crippen LogP contribution < -0.4 is 5.32 Å². The molecule has 2 rings (SSSR count). The van der Waals surface area contributed by atoms with E-state index in [9.17, 15) is 14.7 Å². The molecule has 0 amide bonds. The Morgan fingerprint density at radius 1 is 1.16 bits per heavy atom. The number of carbonyl (C=O) groups excluding carboxylic acids is 2. The first-order valence-electron chi connectivity index (χ1n) is 8.14. The quantitative estimate of drug-likeness (QED) is 0.764. The SMILES string of the molecule is CCOC(=O)C1=C(CO)NC(C)=C(C(=O)OC)C1Cc1ccccc1. The Morgan fingerprint density at radius 3 is 2.40 bits per heavy atom. The number of methoxy groups -OCH3 is 1. The Kier molecular flexibility index (Phi) is 6.36. The van der Waals surface area contributed by atoms with Gasteiger partial charge in [-0.2, -0.15) is 0 Å². The predicted molar refractivity (Wildman–Crippen MR) is 92.2 cm³/mol. The van der Waals surface area contributed by atoms with E-state index in [0.29, 0.717) is 23.4 Å². The van der Waals surface area contributed by atoms with Gasteiger partial charge in [0.25, 0.3) is 0 Å². The Morgan fingerprint density at radius 2 is 1.84 bits per heavy atom. The number of benzene rings is 1. The van der Waals surface area contributed by atoms with Gasteiger partial charge in [0.15, 0.2) is 0 Å². The van der Waals surface area contributed by atoms with Gasteiger partial charge in [0.1, 0.15) is 0 Å². The molecule has 0 bridgehead atoms. The second-order valence-corrected chi connectivity index (χ2v) is 5.67. The van der Waals surface area contributed by atoms with Crippen LogP contribution in [-0.2, 0) is 25.5 Å². The highest BCUT2D eigenvalue weighted by Gasteiger charge is 2.37. The highest BCUT2D eigenvalue weighted by atomic mass is 16.5. The summed E-state index contributed by atoms with van der Waals surface area (Å²) in [7, 11) is 1.30. The van der Waals surface area contributed by atoms with Gasteiger partial charge in [-0.1, -0.05) is 30.3 Å². The predicted octanol–water partition coefficient (Wildman–Crippen LogP) is 1.70. The van der Waals surface area contributed by atoms with Crippen molar-refractivity contribution in [2.24, 2.45) is 5.92 Å². The lowest BCUT2D eigenvalue weighted by atomic mass is 9.81. The number of aliphatic hydroxyl groups excluding tert-OH is 1. The third kappa shape index (κ3) is 4.09. The van der Waals surface area contributed by atoms with Crippen LogP contribution in [-0.4, -0.2) is 37.4 Å². The zero-order valence-corrected chi connectivity index (χ0v) is 14.7. The summed E-state index contributed by atoms with van der Waals surface area (Å²) >= 11 is 0. The van der Waals surface area contributed by atoms with E-state index in [4.69, 9.17) is 9.47 Å². The third-order valence-electron chi connectivity index (χ3n) is 4.11. The van der Waals surface area contributed by atoms with Gasteiger partial charge in [0.05, 0.1) is 37.2 Å². The molecule has 2 N–H and O–H groups in total. The molecule has 1 aromatic carbocycles. The summed E-state index contributed by atoms with van der Waals surface area (Å²) in [5, 5.41) is 12.6. The monoisotopic (exact) mass is 345 g/mol. The fraction of sp³-hybridized carbons (Fsp3) is 0.368. The molecule has 6 nitrogen and oxygen atoms in total. The van der Waals surface area contributed by atoms with E-state index in [1.807, 2.05) is 30.3 Å². The molecule has 134 valence electrons. The first kappa shape index (κ1) is 18.7. The Balaban J connectivity index is 2.54. The lowest BCUT2D eigenvalue weighted by Gasteiger charge is -2.30. The van der Waals surface area contributed by atoms with E-state index in [0.717, 1.165) is 5.56 Å². The second-order valence-electron chi connectivity index (χ2n) is 5.67. The molecule has 0 aromatic heterocycles. The van der Waals surface area contributed by atoms with Crippen LogP contribution >= 0.6 is 0 Å². The molecule has 1 aliphatic heterocycles. The smallest absolute Gasteiger partial charge is 0.336 e. The lowest BCUT2D eigenvalue weighted by molar-refractivity contribution is -0.139. The zero-order chi connectivity index (χ0) is 18.4. The normalized spacial score (nSPS) is 17.2. The lowest BCUT2D eigenvalue weighted by Crippen LogP contribution is -2.36. The molecule has 0 saturated carbocycles. The number of carbonyl (C=O) groups is 2. The summed E-state index contributed by atoms with van der Waals surface area (Å²) in [5.41, 5.74) is 2.50. The number of hydrogen-bond donors (Lipinski definition) is 2. The number of esters is 2. The molecule has 1 aromatic rings. The van der Waals surface area contributed by atoms with Crippen molar-refractivity contribution in [2.75, 3.05) is 20.3 Å². The molecular formula is C19H23NO5. The highest BCUT2D eigenvalue weighted by Crippen LogP contribution is 2.34. The van der Waals surface area contributed by atoms with Gasteiger partial charge < -0.3 is 19.9 Å². The molecule has 1 atom stereocenters. The summed E-state index contributed by atoms with van der Waals surface area (Å²) in [4.78, 5) is 24.9. The van der Waals surface area contributed by atoms with Crippen LogP contribution in [0.3, 0.4) is 0 Å². The van der Waals surface area contributed by atoms with Crippen molar-refractivity contribution >= 4 is 11.9 Å². The molecule has 0 fully saturated rings. The number of allylic oxidation sites excluding steroid dienone is 1. The molecule has 0 saturated heterocycles. The van der Waals surface area contributed by atoms with E-state index in [1.54, 1.807) is 13.8 Å². The molecule has 1 aliphatic rings. The standard InChI is InChI=1S/C19H23NO5/c1-4-25-19(23)17-14(10-13-8-6-5-7-9-13)16(18(22)24-3)12(2)20-15(17)11-21/h5-9,14,20-21H,4,10-11H2,1-3H3. The first-order chi connectivity index (χ1) is 12.0. The molecule has 25 heavy (non-hydrogen) atoms. The van der Waals surface area contributed by atoms with Crippen LogP contribution in [0.2, 0.25) is 0 Å². The van der Waals surface area contributed by atoms with Crippen LogP contribution in [0.25, 0.3) is 0 Å². The van der Waals surface area contributed by atoms with E-state index < -0.39 is 17.9 Å². The van der Waals surface area contributed by atoms with Crippen molar-refractivity contribution < 1.29 is 24.2 Å². The molecule has 1 unspecified atom stereocenters. The Hall–Kier alpha value is -2.60. The van der Waals surface area contributed by atoms with Crippen molar-refractivity contribution in [1.82, 2.24) is 5.32 Å². The van der Waals surface area contributed by atoms with E-state index in [1.165, 1.54) is 7.11 Å². The van der Waals surface area contributed by atoms with E-state index in [-0.39, 0.29) is 18.8 Å². The summed E-state index contributed by atoms with van der Waals surface area (Å²) in [6, 6.07) is 9.54. The molecule has 0 radical (unpaired) electrons. The molecule has 0 spiro atoms. The van der Waals surface area contributed by atoms with Crippen LogP contribution in [0.5, 0.6) is 0 Å². The minimum Gasteiger partial charge on any atom is -0.466 e. The molecular weight excluding hydrogens is 322 g/mol. The minimum atomic E-state index is -0.558. The van der Waals surface area contributed by atoms with Crippen LogP contribution in [0, 0.1) is 5.92 Å². The number of rotatable bonds is 6. The molecule has 1 heterocycles. The number of nitrogens with one attached hydrogen (secondary N) is 1. The van der Waals surface area contributed by atoms with Gasteiger partial charge in [-0.15, -0.1) is 0 Å². The fourth-order valence-corrected chi connectivity index (χ4v) is 3.04. The van der Waals surface area contributed by atoms with Gasteiger partial charge in [0, 0.05) is 11.6 Å². The van der Waals surface area contributed by atoms with Crippen molar-refractivity contribution in [2.45, 2.75) is 20.3 Å². The van der Waals surface area contributed by atoms with Crippen molar-refractivity contribution in [3.05, 3.63) is 58.4 Å². The summed E-state index contributed by atoms with van der Waals surface area (Å²) in [6.45, 7) is 3.28. The van der Waals surface area contributed by atoms with E-state index in [2.05, 4.69) is 5.32 Å². The Bertz CT molecular complexity index is 706. The molecule has 6 heteroatoms. The number of ether oxygens (including phenoxy) is 2. The zero-order valence-electron chi connectivity index (χ0n) is 14.7. The van der Waals surface area contributed by atoms with Crippen LogP contribution in [0.4, 0.5) is 0 Å². The number of hydrogen-bond acceptors (Lipinski definition) is 6. The van der Waals surface area contributed by atoms with Gasteiger partial charge in [0.2, 0.25) is 0 Å². The topological polar surface area (TPSA) is 84.9 Å². The van der Waals surface area contributed by atoms with Crippen molar-refractivity contribution in [3.63, 3.8) is 0 Å². The Labute approximate surface area is 147 Å². The van der Waals surface area contributed by atoms with E-state index >= 15 is 0 Å². The minimum absolute atomic E-state index is 0.204. The summed E-state index contributed by atoms with van der Waals surface area (Å²) in [5.74, 6) is -1.61. The average molecular weight is 345 g/mol. The van der Waals surface area contributed by atoms with Gasteiger partial charge in [-0.25, -0.2) is 9.59 Å². The van der Waals surface area contributed by atoms with Gasteiger partial charge in [-0.3, -0.25) is 0 Å². The first-order valence-corrected chi connectivity index (χ1v) is 8.14. The highest BCUT2D eigenvalue weighted by molar-refractivity contribution is 5.98. The summed E-state index contributed by atoms with van der Waals surface area (Å²) in [6.07, 6.45) is 0.419. The average Bonchev–Trinajstić information content (AvgIpc) is 2.61. The maximum Gasteiger partial charge on any atom is 0.336 e. The fourth-order valence-electron chi connectivity index (χ4n) is 3.04. The van der Waals surface area contributed by atoms with Crippen molar-refractivity contribution in [3.8, 4) is 0 Å². The number of dihydropyridines is 1. The maximum absolute atomic E-state index is 12.5. The van der Waals surface area contributed by atoms with Crippen LogP contribution in [0.1, 0.15) is 19.4 Å². The number of aliphatic hydroxyl groups is 1. The largest absolute Gasteiger partial charge is 0.466 e. The van der Waals surface area contributed by atoms with Gasteiger partial charge >= 0.3 is 11.9 Å². The van der Waals surface area contributed by atoms with Crippen molar-refractivity contribution in [1.29, 1.82) is 0 Å². The van der Waals surface area contributed by atoms with Gasteiger partial charge in [-0.05, 0) is 25.8 Å². The van der Waals surface area contributed by atoms with Crippen LogP contribution in [0.15, 0.2) is 52.9 Å². The summed E-state index contributed by atoms with van der Waals surface area (Å²) < 4.78 is 10.1. The molecule has 0 aliphatic carbocycles. The maximum atomic E-state index is 12.5. The third-order valence-corrected chi connectivity index (χ3v) is 4.11. The second kappa shape index (κ2) is 8.48.